The summed E-state index contributed by atoms with van der Waals surface area (Å²) in [7, 11) is -2.52. The van der Waals surface area contributed by atoms with Crippen LogP contribution in [0.3, 0.4) is 0 Å². The molecule has 1 aliphatic rings. The number of nitrogens with two attached hydrogens (primary N) is 1. The molecular weight excluding hydrogens is 402 g/mol. The van der Waals surface area contributed by atoms with Crippen molar-refractivity contribution in [3.05, 3.63) is 47.0 Å². The third kappa shape index (κ3) is 4.02. The lowest BCUT2D eigenvalue weighted by molar-refractivity contribution is -0.122. The first kappa shape index (κ1) is 20.3. The Morgan fingerprint density at radius 1 is 1.29 bits per heavy atom. The Labute approximate surface area is 169 Å². The Bertz CT molecular complexity index is 995. The summed E-state index contributed by atoms with van der Waals surface area (Å²) in [5.74, 6) is -0.402. The number of hydrogen-bond donors (Lipinski definition) is 2. The Morgan fingerprint density at radius 3 is 2.79 bits per heavy atom. The van der Waals surface area contributed by atoms with Crippen LogP contribution < -0.4 is 20.1 Å². The van der Waals surface area contributed by atoms with E-state index in [4.69, 9.17) is 22.1 Å². The predicted molar refractivity (Wildman–Crippen MR) is 109 cm³/mol. The molecule has 28 heavy (non-hydrogen) atoms. The number of benzene rings is 2. The van der Waals surface area contributed by atoms with Crippen LogP contribution in [0.1, 0.15) is 18.4 Å². The van der Waals surface area contributed by atoms with Gasteiger partial charge in [0.2, 0.25) is 0 Å². The van der Waals surface area contributed by atoms with Crippen molar-refractivity contribution in [3.8, 4) is 5.75 Å². The molecule has 0 saturated heterocycles. The van der Waals surface area contributed by atoms with Gasteiger partial charge in [-0.05, 0) is 37.0 Å². The van der Waals surface area contributed by atoms with E-state index in [1.807, 2.05) is 18.2 Å². The number of para-hydroxylation sites is 1. The van der Waals surface area contributed by atoms with Crippen molar-refractivity contribution in [1.82, 2.24) is 5.32 Å². The molecule has 0 radical (unpaired) electrons. The lowest BCUT2D eigenvalue weighted by Gasteiger charge is -2.26. The van der Waals surface area contributed by atoms with E-state index < -0.39 is 15.9 Å². The quantitative estimate of drug-likeness (QED) is 0.719. The molecule has 3 N–H and O–H groups in total. The normalized spacial score (nSPS) is 14.1. The second-order valence-corrected chi connectivity index (χ2v) is 8.68. The van der Waals surface area contributed by atoms with Crippen LogP contribution in [0.2, 0.25) is 5.02 Å². The van der Waals surface area contributed by atoms with E-state index >= 15 is 0 Å². The smallest absolute Gasteiger partial charge is 0.268 e. The second kappa shape index (κ2) is 8.28. The number of sulfonamides is 1. The summed E-state index contributed by atoms with van der Waals surface area (Å²) in [5, 5.41) is 2.58. The minimum atomic E-state index is -3.99. The SMILES string of the molecule is CNC(=O)COc1cc(Cl)c(N)cc1S(=O)(=O)N1CCCCc2ccccc21. The number of carbonyl (C=O) groups excluding carboxylic acids is 1. The van der Waals surface area contributed by atoms with Crippen LogP contribution in [0.5, 0.6) is 5.75 Å². The number of likely N-dealkylation sites (N-methyl/N-ethyl adjacent to an activating group) is 1. The van der Waals surface area contributed by atoms with Gasteiger partial charge in [0, 0.05) is 19.7 Å². The number of carbonyl (C=O) groups is 1. The molecule has 0 saturated carbocycles. The molecule has 0 atom stereocenters. The van der Waals surface area contributed by atoms with Gasteiger partial charge in [-0.3, -0.25) is 9.10 Å². The number of nitrogens with zero attached hydrogens (tertiary/aromatic N) is 1. The highest BCUT2D eigenvalue weighted by Gasteiger charge is 2.31. The number of fused-ring (bicyclic) bond motifs is 1. The highest BCUT2D eigenvalue weighted by molar-refractivity contribution is 7.93. The Balaban J connectivity index is 2.08. The van der Waals surface area contributed by atoms with Gasteiger partial charge in [0.15, 0.2) is 6.61 Å². The van der Waals surface area contributed by atoms with Gasteiger partial charge in [0.05, 0.1) is 16.4 Å². The van der Waals surface area contributed by atoms with Gasteiger partial charge >= 0.3 is 0 Å². The average molecular weight is 424 g/mol. The van der Waals surface area contributed by atoms with E-state index in [9.17, 15) is 13.2 Å². The lowest BCUT2D eigenvalue weighted by Crippen LogP contribution is -2.32. The van der Waals surface area contributed by atoms with Gasteiger partial charge < -0.3 is 15.8 Å². The van der Waals surface area contributed by atoms with Gasteiger partial charge in [0.1, 0.15) is 10.6 Å². The first-order valence-electron chi connectivity index (χ1n) is 8.87. The van der Waals surface area contributed by atoms with Crippen LogP contribution in [0.25, 0.3) is 0 Å². The predicted octanol–water partition coefficient (Wildman–Crippen LogP) is 2.58. The maximum atomic E-state index is 13.5. The Kier molecular flexibility index (Phi) is 6.00. The van der Waals surface area contributed by atoms with Crippen molar-refractivity contribution in [2.45, 2.75) is 24.2 Å². The molecule has 0 aliphatic carbocycles. The number of anilines is 2. The molecular formula is C19H22ClN3O4S. The summed E-state index contributed by atoms with van der Waals surface area (Å²) in [4.78, 5) is 11.4. The van der Waals surface area contributed by atoms with Crippen LogP contribution in [0.4, 0.5) is 11.4 Å². The number of hydrogen-bond acceptors (Lipinski definition) is 5. The summed E-state index contributed by atoms with van der Waals surface area (Å²) < 4.78 is 33.9. The molecule has 150 valence electrons. The monoisotopic (exact) mass is 423 g/mol. The first-order chi connectivity index (χ1) is 13.3. The molecule has 1 amide bonds. The summed E-state index contributed by atoms with van der Waals surface area (Å²) in [6, 6.07) is 10.0. The minimum absolute atomic E-state index is 0.00970. The fourth-order valence-corrected chi connectivity index (χ4v) is 4.95. The summed E-state index contributed by atoms with van der Waals surface area (Å²) in [6.07, 6.45) is 2.43. The number of amides is 1. The average Bonchev–Trinajstić information content (AvgIpc) is 2.91. The van der Waals surface area contributed by atoms with Crippen LogP contribution in [-0.4, -0.2) is 34.5 Å². The number of ether oxygens (including phenoxy) is 1. The van der Waals surface area contributed by atoms with Gasteiger partial charge in [0.25, 0.3) is 15.9 Å². The van der Waals surface area contributed by atoms with Gasteiger partial charge in [-0.15, -0.1) is 0 Å². The molecule has 1 heterocycles. The Hall–Kier alpha value is -2.45. The topological polar surface area (TPSA) is 102 Å². The van der Waals surface area contributed by atoms with Crippen LogP contribution in [0, 0.1) is 0 Å². The van der Waals surface area contributed by atoms with Gasteiger partial charge in [-0.1, -0.05) is 29.8 Å². The number of aryl methyl sites for hydroxylation is 1. The van der Waals surface area contributed by atoms with Crippen molar-refractivity contribution in [2.75, 3.05) is 30.2 Å². The maximum Gasteiger partial charge on any atom is 0.268 e. The summed E-state index contributed by atoms with van der Waals surface area (Å²) >= 11 is 6.06. The number of nitrogen functional groups attached to an aromatic ring is 1. The third-order valence-corrected chi connectivity index (χ3v) is 6.75. The molecule has 0 bridgehead atoms. The molecule has 2 aromatic carbocycles. The zero-order valence-electron chi connectivity index (χ0n) is 15.4. The zero-order valence-corrected chi connectivity index (χ0v) is 17.0. The number of halogens is 1. The van der Waals surface area contributed by atoms with E-state index in [0.717, 1.165) is 24.8 Å². The van der Waals surface area contributed by atoms with Crippen LogP contribution >= 0.6 is 11.6 Å². The van der Waals surface area contributed by atoms with Crippen molar-refractivity contribution >= 4 is 38.9 Å². The second-order valence-electron chi connectivity index (χ2n) is 6.45. The molecule has 0 unspecified atom stereocenters. The molecule has 7 nitrogen and oxygen atoms in total. The fourth-order valence-electron chi connectivity index (χ4n) is 3.11. The van der Waals surface area contributed by atoms with Crippen molar-refractivity contribution < 1.29 is 17.9 Å². The zero-order chi connectivity index (χ0) is 20.3. The molecule has 0 fully saturated rings. The lowest BCUT2D eigenvalue weighted by atomic mass is 10.1. The van der Waals surface area contributed by atoms with Crippen molar-refractivity contribution in [2.24, 2.45) is 0 Å². The van der Waals surface area contributed by atoms with Crippen molar-refractivity contribution in [3.63, 3.8) is 0 Å². The molecule has 3 rings (SSSR count). The summed E-state index contributed by atoms with van der Waals surface area (Å²) in [6.45, 7) is 0.00657. The highest BCUT2D eigenvalue weighted by atomic mass is 35.5. The first-order valence-corrected chi connectivity index (χ1v) is 10.7. The minimum Gasteiger partial charge on any atom is -0.482 e. The van der Waals surface area contributed by atoms with E-state index in [1.165, 1.54) is 23.5 Å². The molecule has 0 spiro atoms. The summed E-state index contributed by atoms with van der Waals surface area (Å²) in [5.41, 5.74) is 7.61. The largest absolute Gasteiger partial charge is 0.482 e. The van der Waals surface area contributed by atoms with E-state index in [1.54, 1.807) is 6.07 Å². The fraction of sp³-hybridized carbons (Fsp3) is 0.316. The Morgan fingerprint density at radius 2 is 2.04 bits per heavy atom. The van der Waals surface area contributed by atoms with E-state index in [2.05, 4.69) is 5.32 Å². The standard InChI is InChI=1S/C19H22ClN3O4S/c1-22-19(24)12-27-17-10-14(20)15(21)11-18(17)28(25,26)23-9-5-4-7-13-6-2-3-8-16(13)23/h2-3,6,8,10-11H,4-5,7,9,12,21H2,1H3,(H,22,24). The van der Waals surface area contributed by atoms with E-state index in [-0.39, 0.29) is 28.0 Å². The number of nitrogens with one attached hydrogen (secondary N) is 1. The molecule has 0 aromatic heterocycles. The molecule has 2 aromatic rings. The van der Waals surface area contributed by atoms with Crippen LogP contribution in [0.15, 0.2) is 41.3 Å². The maximum absolute atomic E-state index is 13.5. The molecule has 1 aliphatic heterocycles. The van der Waals surface area contributed by atoms with Gasteiger partial charge in [-0.25, -0.2) is 8.42 Å². The highest BCUT2D eigenvalue weighted by Crippen LogP contribution is 2.37. The van der Waals surface area contributed by atoms with Crippen LogP contribution in [-0.2, 0) is 21.2 Å². The number of rotatable bonds is 5. The van der Waals surface area contributed by atoms with Crippen molar-refractivity contribution in [1.29, 1.82) is 0 Å². The van der Waals surface area contributed by atoms with Gasteiger partial charge in [-0.2, -0.15) is 0 Å². The third-order valence-electron chi connectivity index (χ3n) is 4.59. The molecule has 9 heteroatoms. The van der Waals surface area contributed by atoms with E-state index in [0.29, 0.717) is 12.2 Å².